The number of H-pyrrole nitrogens is 1. The molecule has 1 saturated heterocycles. The number of primary amides is 1. The lowest BCUT2D eigenvalue weighted by molar-refractivity contribution is 0.0995. The molecule has 2 amide bonds. The summed E-state index contributed by atoms with van der Waals surface area (Å²) in [5.41, 5.74) is 4.20. The van der Waals surface area contributed by atoms with Gasteiger partial charge in [0.2, 0.25) is 0 Å². The molecule has 0 radical (unpaired) electrons. The quantitative estimate of drug-likeness (QED) is 0.725. The average molecular weight is 376 g/mol. The van der Waals surface area contributed by atoms with Crippen molar-refractivity contribution in [2.75, 3.05) is 18.4 Å². The smallest absolute Gasteiger partial charge is 0.407 e. The molecule has 0 atom stereocenters. The number of nitrogens with two attached hydrogens (primary N) is 1. The van der Waals surface area contributed by atoms with Crippen molar-refractivity contribution in [3.05, 3.63) is 40.2 Å². The minimum atomic E-state index is -0.922. The lowest BCUT2D eigenvalue weighted by Gasteiger charge is -2.25. The number of carbonyl (C=O) groups excluding carboxylic acids is 2. The van der Waals surface area contributed by atoms with Gasteiger partial charge in [0.1, 0.15) is 0 Å². The van der Waals surface area contributed by atoms with E-state index < -0.39 is 23.5 Å². The molecule has 4 N–H and O–H groups in total. The van der Waals surface area contributed by atoms with Gasteiger partial charge in [0.05, 0.1) is 0 Å². The van der Waals surface area contributed by atoms with Crippen molar-refractivity contribution in [3.63, 3.8) is 0 Å². The summed E-state index contributed by atoms with van der Waals surface area (Å²) in [6.07, 6.45) is 2.22. The van der Waals surface area contributed by atoms with Crippen molar-refractivity contribution in [2.45, 2.75) is 19.3 Å². The Morgan fingerprint density at radius 2 is 2.00 bits per heavy atom. The van der Waals surface area contributed by atoms with Crippen molar-refractivity contribution in [2.24, 2.45) is 5.73 Å². The van der Waals surface area contributed by atoms with Crippen LogP contribution >= 0.6 is 0 Å². The third kappa shape index (κ3) is 4.37. The van der Waals surface area contributed by atoms with E-state index in [4.69, 9.17) is 10.5 Å². The number of hydrogen-bond donors (Lipinski definition) is 3. The highest BCUT2D eigenvalue weighted by molar-refractivity contribution is 5.95. The standard InChI is InChI=1S/C16H17FN6O4/c17-10-8-9(19-14-12(13(18)24)21-22-15(25)20-14)4-5-11(10)27-16(26)23-6-2-1-3-7-23/h4-5,8H,1-3,6-7H2,(H2,18,24)(H2,19,20,22,25). The molecule has 10 nitrogen and oxygen atoms in total. The highest BCUT2D eigenvalue weighted by atomic mass is 19.1. The lowest BCUT2D eigenvalue weighted by Crippen LogP contribution is -2.37. The van der Waals surface area contributed by atoms with E-state index in [-0.39, 0.29) is 22.9 Å². The minimum Gasteiger partial charge on any atom is -0.407 e. The molecule has 1 aromatic heterocycles. The third-order valence-corrected chi connectivity index (χ3v) is 3.94. The summed E-state index contributed by atoms with van der Waals surface area (Å²) in [7, 11) is 0. The maximum atomic E-state index is 14.3. The van der Waals surface area contributed by atoms with E-state index in [2.05, 4.69) is 15.4 Å². The molecule has 11 heteroatoms. The SMILES string of the molecule is NC(=O)c1n[nH]c(=O)nc1Nc1ccc(OC(=O)N2CCCCC2)c(F)c1. The van der Waals surface area contributed by atoms with Crippen molar-refractivity contribution < 1.29 is 18.7 Å². The molecule has 142 valence electrons. The number of aromatic nitrogens is 3. The number of rotatable bonds is 4. The number of amides is 2. The maximum Gasteiger partial charge on any atom is 0.415 e. The minimum absolute atomic E-state index is 0.160. The molecular formula is C16H17FN6O4. The lowest BCUT2D eigenvalue weighted by atomic mass is 10.1. The number of likely N-dealkylation sites (tertiary alicyclic amines) is 1. The van der Waals surface area contributed by atoms with Crippen LogP contribution in [0.25, 0.3) is 0 Å². The number of anilines is 2. The molecule has 0 bridgehead atoms. The number of benzene rings is 1. The Balaban J connectivity index is 1.75. The number of nitrogens with zero attached hydrogens (tertiary/aromatic N) is 3. The molecule has 0 spiro atoms. The van der Waals surface area contributed by atoms with Crippen LogP contribution in [0.4, 0.5) is 20.7 Å². The fraction of sp³-hybridized carbons (Fsp3) is 0.312. The van der Waals surface area contributed by atoms with Crippen LogP contribution in [-0.4, -0.2) is 45.2 Å². The molecule has 0 saturated carbocycles. The van der Waals surface area contributed by atoms with Crippen LogP contribution in [0.3, 0.4) is 0 Å². The molecule has 1 aliphatic rings. The summed E-state index contributed by atoms with van der Waals surface area (Å²) < 4.78 is 19.4. The number of carbonyl (C=O) groups is 2. The highest BCUT2D eigenvalue weighted by Crippen LogP contribution is 2.24. The summed E-state index contributed by atoms with van der Waals surface area (Å²) in [6, 6.07) is 3.69. The first-order valence-corrected chi connectivity index (χ1v) is 8.24. The van der Waals surface area contributed by atoms with Crippen molar-refractivity contribution >= 4 is 23.5 Å². The molecule has 0 unspecified atom stereocenters. The summed E-state index contributed by atoms with van der Waals surface area (Å²) in [5, 5.41) is 8.08. The predicted molar refractivity (Wildman–Crippen MR) is 92.3 cm³/mol. The van der Waals surface area contributed by atoms with Gasteiger partial charge in [-0.05, 0) is 31.4 Å². The monoisotopic (exact) mass is 376 g/mol. The topological polar surface area (TPSA) is 143 Å². The van der Waals surface area contributed by atoms with Gasteiger partial charge in [0, 0.05) is 24.8 Å². The summed E-state index contributed by atoms with van der Waals surface area (Å²) >= 11 is 0. The molecular weight excluding hydrogens is 359 g/mol. The van der Waals surface area contributed by atoms with E-state index in [0.29, 0.717) is 13.1 Å². The molecule has 1 aromatic carbocycles. The van der Waals surface area contributed by atoms with Gasteiger partial charge in [-0.1, -0.05) is 0 Å². The zero-order valence-corrected chi connectivity index (χ0v) is 14.2. The third-order valence-electron chi connectivity index (χ3n) is 3.94. The van der Waals surface area contributed by atoms with Gasteiger partial charge in [-0.2, -0.15) is 10.1 Å². The van der Waals surface area contributed by atoms with Crippen LogP contribution < -0.4 is 21.5 Å². The van der Waals surface area contributed by atoms with E-state index in [9.17, 15) is 18.8 Å². The normalized spacial score (nSPS) is 13.9. The van der Waals surface area contributed by atoms with Gasteiger partial charge in [-0.25, -0.2) is 19.1 Å². The van der Waals surface area contributed by atoms with Crippen molar-refractivity contribution in [3.8, 4) is 5.75 Å². The Hall–Kier alpha value is -3.50. The van der Waals surface area contributed by atoms with Crippen LogP contribution in [0.2, 0.25) is 0 Å². The van der Waals surface area contributed by atoms with E-state index in [0.717, 1.165) is 25.3 Å². The van der Waals surface area contributed by atoms with Gasteiger partial charge in [0.25, 0.3) is 5.91 Å². The van der Waals surface area contributed by atoms with Crippen molar-refractivity contribution in [1.29, 1.82) is 0 Å². The first-order valence-electron chi connectivity index (χ1n) is 8.24. The van der Waals surface area contributed by atoms with Gasteiger partial charge in [-0.3, -0.25) is 4.79 Å². The number of piperidine rings is 1. The Kier molecular flexibility index (Phi) is 5.29. The van der Waals surface area contributed by atoms with Crippen molar-refractivity contribution in [1.82, 2.24) is 20.1 Å². The van der Waals surface area contributed by atoms with Crippen LogP contribution in [0.15, 0.2) is 23.0 Å². The molecule has 2 aromatic rings. The number of aromatic amines is 1. The van der Waals surface area contributed by atoms with Gasteiger partial charge < -0.3 is 20.7 Å². The molecule has 2 heterocycles. The number of hydrogen-bond acceptors (Lipinski definition) is 7. The Morgan fingerprint density at radius 3 is 2.67 bits per heavy atom. The predicted octanol–water partition coefficient (Wildman–Crippen LogP) is 1.13. The fourth-order valence-corrected chi connectivity index (χ4v) is 2.63. The zero-order valence-electron chi connectivity index (χ0n) is 14.2. The summed E-state index contributed by atoms with van der Waals surface area (Å²) in [6.45, 7) is 1.16. The maximum absolute atomic E-state index is 14.3. The number of nitrogens with one attached hydrogen (secondary N) is 2. The number of halogens is 1. The fourth-order valence-electron chi connectivity index (χ4n) is 2.63. The first kappa shape index (κ1) is 18.3. The molecule has 3 rings (SSSR count). The molecule has 27 heavy (non-hydrogen) atoms. The van der Waals surface area contributed by atoms with Crippen LogP contribution in [-0.2, 0) is 0 Å². The van der Waals surface area contributed by atoms with Crippen LogP contribution in [0.5, 0.6) is 5.75 Å². The zero-order chi connectivity index (χ0) is 19.4. The Morgan fingerprint density at radius 1 is 1.26 bits per heavy atom. The first-order chi connectivity index (χ1) is 12.9. The average Bonchev–Trinajstić information content (AvgIpc) is 2.64. The molecule has 1 fully saturated rings. The second-order valence-electron chi connectivity index (χ2n) is 5.89. The van der Waals surface area contributed by atoms with E-state index in [1.807, 2.05) is 5.10 Å². The van der Waals surface area contributed by atoms with E-state index in [1.54, 1.807) is 0 Å². The second kappa shape index (κ2) is 7.81. The van der Waals surface area contributed by atoms with Crippen LogP contribution in [0, 0.1) is 5.82 Å². The Labute approximate surface area is 152 Å². The highest BCUT2D eigenvalue weighted by Gasteiger charge is 2.20. The summed E-state index contributed by atoms with van der Waals surface area (Å²) in [4.78, 5) is 39.8. The van der Waals surface area contributed by atoms with Gasteiger partial charge >= 0.3 is 11.8 Å². The van der Waals surface area contributed by atoms with E-state index in [1.165, 1.54) is 17.0 Å². The van der Waals surface area contributed by atoms with Crippen LogP contribution in [0.1, 0.15) is 29.8 Å². The van der Waals surface area contributed by atoms with E-state index >= 15 is 0 Å². The largest absolute Gasteiger partial charge is 0.415 e. The summed E-state index contributed by atoms with van der Waals surface area (Å²) in [5.74, 6) is -2.18. The number of ether oxygens (including phenoxy) is 1. The van der Waals surface area contributed by atoms with Gasteiger partial charge in [-0.15, -0.1) is 0 Å². The second-order valence-corrected chi connectivity index (χ2v) is 5.89. The Bertz CT molecular complexity index is 925. The molecule has 1 aliphatic heterocycles. The molecule has 0 aliphatic carbocycles. The van der Waals surface area contributed by atoms with Gasteiger partial charge in [0.15, 0.2) is 23.1 Å².